The molecule has 1 saturated heterocycles. The molecular formula is C18H23NO3S. The van der Waals surface area contributed by atoms with Crippen LogP contribution in [-0.2, 0) is 20.5 Å². The van der Waals surface area contributed by atoms with Crippen molar-refractivity contribution < 1.29 is 13.7 Å². The van der Waals surface area contributed by atoms with Crippen molar-refractivity contribution in [2.24, 2.45) is 5.92 Å². The maximum atomic E-state index is 13.3. The molecule has 0 amide bonds. The van der Waals surface area contributed by atoms with Crippen molar-refractivity contribution in [3.05, 3.63) is 41.5 Å². The molecule has 0 radical (unpaired) electrons. The molecule has 2 fully saturated rings. The average Bonchev–Trinajstić information content (AvgIpc) is 3.37. The summed E-state index contributed by atoms with van der Waals surface area (Å²) in [5, 5.41) is 0. The van der Waals surface area contributed by atoms with E-state index in [1.54, 1.807) is 10.4 Å². The highest BCUT2D eigenvalue weighted by Crippen LogP contribution is 2.57. The van der Waals surface area contributed by atoms with Crippen LogP contribution in [-0.4, -0.2) is 33.2 Å². The van der Waals surface area contributed by atoms with Gasteiger partial charge in [0, 0.05) is 0 Å². The summed E-state index contributed by atoms with van der Waals surface area (Å²) in [7, 11) is -0.0220. The molecule has 3 rings (SSSR count). The third-order valence-corrected chi connectivity index (χ3v) is 6.73. The zero-order valence-electron chi connectivity index (χ0n) is 14.1. The highest BCUT2D eigenvalue weighted by atomic mass is 32.2. The van der Waals surface area contributed by atoms with E-state index in [1.165, 1.54) is 7.11 Å². The normalized spacial score (nSPS) is 30.6. The summed E-state index contributed by atoms with van der Waals surface area (Å²) in [5.74, 6) is 0.0438. The van der Waals surface area contributed by atoms with Crippen LogP contribution < -0.4 is 0 Å². The van der Waals surface area contributed by atoms with Crippen LogP contribution >= 0.6 is 0 Å². The molecular weight excluding hydrogens is 310 g/mol. The Balaban J connectivity index is 2.02. The van der Waals surface area contributed by atoms with Gasteiger partial charge in [-0.3, -0.25) is 0 Å². The molecule has 4 nitrogen and oxygen atoms in total. The van der Waals surface area contributed by atoms with Gasteiger partial charge in [-0.1, -0.05) is 23.8 Å². The number of hydrogen-bond acceptors (Lipinski definition) is 3. The summed E-state index contributed by atoms with van der Waals surface area (Å²) in [6.45, 7) is 9.80. The van der Waals surface area contributed by atoms with Gasteiger partial charge in [-0.25, -0.2) is 9.00 Å². The van der Waals surface area contributed by atoms with Gasteiger partial charge >= 0.3 is 5.97 Å². The molecule has 0 N–H and O–H groups in total. The lowest BCUT2D eigenvalue weighted by molar-refractivity contribution is -0.143. The Kier molecular flexibility index (Phi) is 3.97. The summed E-state index contributed by atoms with van der Waals surface area (Å²) in [6.07, 6.45) is 3.74. The fourth-order valence-corrected chi connectivity index (χ4v) is 5.60. The number of benzene rings is 1. The van der Waals surface area contributed by atoms with Crippen molar-refractivity contribution >= 4 is 17.0 Å². The van der Waals surface area contributed by atoms with E-state index in [4.69, 9.17) is 4.74 Å². The van der Waals surface area contributed by atoms with Crippen molar-refractivity contribution in [3.63, 3.8) is 0 Å². The molecule has 124 valence electrons. The van der Waals surface area contributed by atoms with Crippen molar-refractivity contribution in [3.8, 4) is 0 Å². The largest absolute Gasteiger partial charge is 0.467 e. The van der Waals surface area contributed by atoms with Gasteiger partial charge in [-0.15, -0.1) is 6.58 Å². The molecule has 2 unspecified atom stereocenters. The highest BCUT2D eigenvalue weighted by Gasteiger charge is 2.73. The molecule has 1 aliphatic heterocycles. The van der Waals surface area contributed by atoms with E-state index in [0.29, 0.717) is 5.92 Å². The molecule has 5 heteroatoms. The van der Waals surface area contributed by atoms with Gasteiger partial charge in [0.1, 0.15) is 11.0 Å². The first-order valence-electron chi connectivity index (χ1n) is 7.89. The fourth-order valence-electron chi connectivity index (χ4n) is 3.72. The summed E-state index contributed by atoms with van der Waals surface area (Å²) in [4.78, 5) is 13.2. The third kappa shape index (κ3) is 2.37. The molecule has 1 aromatic rings. The fraction of sp³-hybridized carbons (Fsp3) is 0.500. The second kappa shape index (κ2) is 5.56. The Hall–Kier alpha value is -1.46. The molecule has 0 aromatic heterocycles. The van der Waals surface area contributed by atoms with Gasteiger partial charge in [-0.2, -0.15) is 4.31 Å². The smallest absolute Gasteiger partial charge is 0.332 e. The van der Waals surface area contributed by atoms with Crippen molar-refractivity contribution in [2.45, 2.75) is 50.1 Å². The number of aryl methyl sites for hydroxylation is 3. The Bertz CT molecular complexity index is 687. The van der Waals surface area contributed by atoms with Gasteiger partial charge in [0.05, 0.1) is 18.0 Å². The number of rotatable bonds is 5. The predicted octanol–water partition coefficient (Wildman–Crippen LogP) is 2.83. The van der Waals surface area contributed by atoms with Crippen LogP contribution in [0.25, 0.3) is 0 Å². The second-order valence-corrected chi connectivity index (χ2v) is 7.91. The lowest BCUT2D eigenvalue weighted by atomic mass is 10.0. The van der Waals surface area contributed by atoms with Gasteiger partial charge in [0.15, 0.2) is 5.54 Å². The summed E-state index contributed by atoms with van der Waals surface area (Å²) in [6, 6.07) is 4.00. The Morgan fingerprint density at radius 3 is 2.35 bits per heavy atom. The van der Waals surface area contributed by atoms with Gasteiger partial charge in [-0.05, 0) is 50.7 Å². The first kappa shape index (κ1) is 16.4. The molecule has 23 heavy (non-hydrogen) atoms. The number of carbonyl (C=O) groups is 1. The van der Waals surface area contributed by atoms with E-state index in [1.807, 2.05) is 32.9 Å². The summed E-state index contributed by atoms with van der Waals surface area (Å²) >= 11 is 0. The number of hydrogen-bond donors (Lipinski definition) is 0. The maximum absolute atomic E-state index is 13.3. The Labute approximate surface area is 140 Å². The third-order valence-electron chi connectivity index (χ3n) is 4.85. The molecule has 0 spiro atoms. The minimum absolute atomic E-state index is 0.0617. The summed E-state index contributed by atoms with van der Waals surface area (Å²) in [5.41, 5.74) is 2.19. The molecule has 2 aliphatic rings. The number of methoxy groups -OCH3 is 1. The summed E-state index contributed by atoms with van der Waals surface area (Å²) < 4.78 is 20.1. The van der Waals surface area contributed by atoms with Crippen LogP contribution in [0.5, 0.6) is 0 Å². The van der Waals surface area contributed by atoms with Gasteiger partial charge in [0.25, 0.3) is 0 Å². The van der Waals surface area contributed by atoms with E-state index >= 15 is 0 Å². The Morgan fingerprint density at radius 1 is 1.35 bits per heavy atom. The van der Waals surface area contributed by atoms with Crippen LogP contribution in [0.2, 0.25) is 0 Å². The SMILES string of the molecule is C=C[C@]1(C(=O)OC)[C@H](C2CC2)N1S(=O)c1c(C)cc(C)cc1C. The molecule has 1 aliphatic carbocycles. The van der Waals surface area contributed by atoms with Crippen LogP contribution in [0.15, 0.2) is 29.7 Å². The van der Waals surface area contributed by atoms with Crippen LogP contribution in [0.4, 0.5) is 0 Å². The molecule has 1 heterocycles. The number of ether oxygens (including phenoxy) is 1. The van der Waals surface area contributed by atoms with Crippen LogP contribution in [0.1, 0.15) is 29.5 Å². The molecule has 0 bridgehead atoms. The molecule has 1 saturated carbocycles. The van der Waals surface area contributed by atoms with E-state index in [9.17, 15) is 9.00 Å². The zero-order valence-corrected chi connectivity index (χ0v) is 14.9. The van der Waals surface area contributed by atoms with E-state index < -0.39 is 16.5 Å². The number of carbonyl (C=O) groups excluding carboxylic acids is 1. The average molecular weight is 333 g/mol. The second-order valence-electron chi connectivity index (χ2n) is 6.61. The molecule has 4 atom stereocenters. The van der Waals surface area contributed by atoms with Crippen LogP contribution in [0, 0.1) is 26.7 Å². The predicted molar refractivity (Wildman–Crippen MR) is 90.4 cm³/mol. The van der Waals surface area contributed by atoms with Crippen LogP contribution in [0.3, 0.4) is 0 Å². The lowest BCUT2D eigenvalue weighted by Gasteiger charge is -2.14. The van der Waals surface area contributed by atoms with E-state index in [-0.39, 0.29) is 12.0 Å². The van der Waals surface area contributed by atoms with Crippen molar-refractivity contribution in [2.75, 3.05) is 7.11 Å². The minimum atomic E-state index is -1.40. The quantitative estimate of drug-likeness (QED) is 0.473. The van der Waals surface area contributed by atoms with Gasteiger partial charge < -0.3 is 4.74 Å². The van der Waals surface area contributed by atoms with E-state index in [2.05, 4.69) is 6.58 Å². The standard InChI is InChI=1S/C18H23NO3S/c1-6-18(17(20)22-5)16(14-7-8-14)19(18)23(21)15-12(3)9-11(2)10-13(15)4/h6,9-10,14,16H,1,7-8H2,2-5H3/t16-,18+,19?,23?/m0/s1. The molecule has 1 aromatic carbocycles. The monoisotopic (exact) mass is 333 g/mol. The first-order valence-corrected chi connectivity index (χ1v) is 9.00. The van der Waals surface area contributed by atoms with Crippen molar-refractivity contribution in [1.82, 2.24) is 4.31 Å². The first-order chi connectivity index (χ1) is 10.9. The Morgan fingerprint density at radius 2 is 1.91 bits per heavy atom. The zero-order chi connectivity index (χ0) is 16.9. The minimum Gasteiger partial charge on any atom is -0.467 e. The lowest BCUT2D eigenvalue weighted by Crippen LogP contribution is -2.30. The topological polar surface area (TPSA) is 46.4 Å². The van der Waals surface area contributed by atoms with E-state index in [0.717, 1.165) is 34.4 Å². The van der Waals surface area contributed by atoms with Gasteiger partial charge in [0.2, 0.25) is 0 Å². The van der Waals surface area contributed by atoms with Crippen molar-refractivity contribution in [1.29, 1.82) is 0 Å². The maximum Gasteiger partial charge on any atom is 0.332 e. The highest BCUT2D eigenvalue weighted by molar-refractivity contribution is 7.83. The number of esters is 1. The number of nitrogens with zero attached hydrogens (tertiary/aromatic N) is 1.